The van der Waals surface area contributed by atoms with Gasteiger partial charge in [0.15, 0.2) is 5.96 Å². The number of nitrogens with one attached hydrogen (secondary N) is 1. The summed E-state index contributed by atoms with van der Waals surface area (Å²) in [6.07, 6.45) is 3.89. The van der Waals surface area contributed by atoms with Gasteiger partial charge < -0.3 is 20.7 Å². The number of amides is 1. The predicted molar refractivity (Wildman–Crippen MR) is 112 cm³/mol. The van der Waals surface area contributed by atoms with E-state index in [-0.39, 0.29) is 29.9 Å². The molecule has 2 rings (SSSR count). The Kier molecular flexibility index (Phi) is 8.64. The summed E-state index contributed by atoms with van der Waals surface area (Å²) in [5, 5.41) is 3.13. The number of hydrogen-bond donors (Lipinski definition) is 2. The molecule has 25 heavy (non-hydrogen) atoms. The van der Waals surface area contributed by atoms with Crippen LogP contribution in [0.1, 0.15) is 31.2 Å². The minimum Gasteiger partial charge on any atom is -0.380 e. The summed E-state index contributed by atoms with van der Waals surface area (Å²) in [5.74, 6) is 0.479. The largest absolute Gasteiger partial charge is 0.380 e. The van der Waals surface area contributed by atoms with E-state index in [1.54, 1.807) is 26.1 Å². The van der Waals surface area contributed by atoms with E-state index in [0.717, 1.165) is 36.9 Å². The van der Waals surface area contributed by atoms with Crippen molar-refractivity contribution in [3.05, 3.63) is 29.8 Å². The molecule has 6 nitrogen and oxygen atoms in total. The summed E-state index contributed by atoms with van der Waals surface area (Å²) >= 11 is 0. The molecular weight excluding hydrogens is 431 g/mol. The van der Waals surface area contributed by atoms with Gasteiger partial charge in [0.2, 0.25) is 5.91 Å². The lowest BCUT2D eigenvalue weighted by atomic mass is 9.85. The Hall–Kier alpha value is -1.35. The Morgan fingerprint density at radius 2 is 1.96 bits per heavy atom. The van der Waals surface area contributed by atoms with Gasteiger partial charge in [-0.3, -0.25) is 9.79 Å². The zero-order chi connectivity index (χ0) is 17.6. The number of para-hydroxylation sites is 1. The van der Waals surface area contributed by atoms with Crippen LogP contribution in [-0.2, 0) is 16.1 Å². The minimum atomic E-state index is -0.401. The van der Waals surface area contributed by atoms with Crippen molar-refractivity contribution in [1.82, 2.24) is 4.90 Å². The first-order valence-electron chi connectivity index (χ1n) is 8.34. The van der Waals surface area contributed by atoms with E-state index in [4.69, 9.17) is 10.5 Å². The SMILES string of the molecule is COCc1ccccc1NC(N)=NCC1(C(=O)N(C)C)CCCC1.I. The lowest BCUT2D eigenvalue weighted by molar-refractivity contribution is -0.138. The number of aliphatic imine (C=N–C) groups is 1. The van der Waals surface area contributed by atoms with Gasteiger partial charge in [-0.2, -0.15) is 0 Å². The molecule has 0 unspecified atom stereocenters. The zero-order valence-corrected chi connectivity index (χ0v) is 17.6. The lowest BCUT2D eigenvalue weighted by Gasteiger charge is -2.29. The van der Waals surface area contributed by atoms with E-state index in [1.165, 1.54) is 0 Å². The minimum absolute atomic E-state index is 0. The van der Waals surface area contributed by atoms with Crippen molar-refractivity contribution in [2.45, 2.75) is 32.3 Å². The Labute approximate surface area is 167 Å². The first-order valence-corrected chi connectivity index (χ1v) is 8.34. The summed E-state index contributed by atoms with van der Waals surface area (Å²) in [6, 6.07) is 7.80. The second-order valence-electron chi connectivity index (χ2n) is 6.60. The molecule has 0 aromatic heterocycles. The maximum absolute atomic E-state index is 12.6. The van der Waals surface area contributed by atoms with Crippen LogP contribution in [0.25, 0.3) is 0 Å². The highest BCUT2D eigenvalue weighted by Crippen LogP contribution is 2.39. The molecule has 7 heteroatoms. The van der Waals surface area contributed by atoms with Gasteiger partial charge in [0.05, 0.1) is 18.6 Å². The van der Waals surface area contributed by atoms with Crippen LogP contribution >= 0.6 is 24.0 Å². The fourth-order valence-corrected chi connectivity index (χ4v) is 3.30. The summed E-state index contributed by atoms with van der Waals surface area (Å²) in [7, 11) is 5.26. The fraction of sp³-hybridized carbons (Fsp3) is 0.556. The van der Waals surface area contributed by atoms with E-state index in [2.05, 4.69) is 10.3 Å². The predicted octanol–water partition coefficient (Wildman–Crippen LogP) is 2.83. The van der Waals surface area contributed by atoms with Crippen LogP contribution in [0.3, 0.4) is 0 Å². The molecule has 0 bridgehead atoms. The van der Waals surface area contributed by atoms with Crippen LogP contribution in [0.2, 0.25) is 0 Å². The highest BCUT2D eigenvalue weighted by atomic mass is 127. The summed E-state index contributed by atoms with van der Waals surface area (Å²) in [5.41, 5.74) is 7.54. The van der Waals surface area contributed by atoms with Crippen LogP contribution < -0.4 is 11.1 Å². The Balaban J connectivity index is 0.00000312. The average Bonchev–Trinajstić information content (AvgIpc) is 3.04. The second-order valence-corrected chi connectivity index (χ2v) is 6.60. The molecule has 0 heterocycles. The molecule has 3 N–H and O–H groups in total. The highest BCUT2D eigenvalue weighted by Gasteiger charge is 2.41. The van der Waals surface area contributed by atoms with Gasteiger partial charge in [0.25, 0.3) is 0 Å². The zero-order valence-electron chi connectivity index (χ0n) is 15.2. The van der Waals surface area contributed by atoms with Crippen molar-refractivity contribution in [1.29, 1.82) is 0 Å². The molecule has 0 saturated heterocycles. The quantitative estimate of drug-likeness (QED) is 0.389. The van der Waals surface area contributed by atoms with Crippen molar-refractivity contribution >= 4 is 41.5 Å². The molecule has 1 aromatic rings. The van der Waals surface area contributed by atoms with E-state index in [9.17, 15) is 4.79 Å². The molecule has 1 saturated carbocycles. The third kappa shape index (κ3) is 5.57. The Morgan fingerprint density at radius 1 is 1.32 bits per heavy atom. The number of nitrogens with two attached hydrogens (primary N) is 1. The van der Waals surface area contributed by atoms with Crippen molar-refractivity contribution in [3.63, 3.8) is 0 Å². The fourth-order valence-electron chi connectivity index (χ4n) is 3.30. The molecule has 0 aliphatic heterocycles. The number of hydrogen-bond acceptors (Lipinski definition) is 3. The second kappa shape index (κ2) is 9.96. The normalized spacial score (nSPS) is 16.2. The van der Waals surface area contributed by atoms with Crippen LogP contribution in [0.4, 0.5) is 5.69 Å². The van der Waals surface area contributed by atoms with Crippen molar-refractivity contribution in [2.75, 3.05) is 33.1 Å². The topological polar surface area (TPSA) is 80.0 Å². The maximum atomic E-state index is 12.6. The highest BCUT2D eigenvalue weighted by molar-refractivity contribution is 14.0. The van der Waals surface area contributed by atoms with E-state index < -0.39 is 5.41 Å². The third-order valence-electron chi connectivity index (χ3n) is 4.55. The number of rotatable bonds is 6. The first kappa shape index (κ1) is 21.7. The van der Waals surface area contributed by atoms with Gasteiger partial charge in [-0.05, 0) is 18.9 Å². The standard InChI is InChI=1S/C18H28N4O2.HI/c1-22(2)16(23)18(10-6-7-11-18)13-20-17(19)21-15-9-5-4-8-14(15)12-24-3;/h4-5,8-9H,6-7,10-13H2,1-3H3,(H3,19,20,21);1H. The molecule has 140 valence electrons. The van der Waals surface area contributed by atoms with Gasteiger partial charge in [-0.15, -0.1) is 24.0 Å². The number of guanidine groups is 1. The Bertz CT molecular complexity index is 598. The van der Waals surface area contributed by atoms with Crippen molar-refractivity contribution in [2.24, 2.45) is 16.1 Å². The maximum Gasteiger partial charge on any atom is 0.230 e. The number of halogens is 1. The average molecular weight is 460 g/mol. The van der Waals surface area contributed by atoms with Gasteiger partial charge in [0.1, 0.15) is 0 Å². The molecule has 0 atom stereocenters. The summed E-state index contributed by atoms with van der Waals surface area (Å²) in [4.78, 5) is 18.7. The summed E-state index contributed by atoms with van der Waals surface area (Å²) < 4.78 is 5.19. The molecule has 1 fully saturated rings. The molecule has 1 aliphatic carbocycles. The monoisotopic (exact) mass is 460 g/mol. The van der Waals surface area contributed by atoms with Crippen LogP contribution in [0.5, 0.6) is 0 Å². The van der Waals surface area contributed by atoms with E-state index in [1.807, 2.05) is 24.3 Å². The number of anilines is 1. The van der Waals surface area contributed by atoms with E-state index in [0.29, 0.717) is 19.1 Å². The van der Waals surface area contributed by atoms with Crippen LogP contribution in [0, 0.1) is 5.41 Å². The molecule has 0 spiro atoms. The Morgan fingerprint density at radius 3 is 2.56 bits per heavy atom. The number of carbonyl (C=O) groups is 1. The van der Waals surface area contributed by atoms with Crippen LogP contribution in [0.15, 0.2) is 29.3 Å². The lowest BCUT2D eigenvalue weighted by Crippen LogP contribution is -2.41. The number of nitrogens with zero attached hydrogens (tertiary/aromatic N) is 2. The number of ether oxygens (including phenoxy) is 1. The van der Waals surface area contributed by atoms with Crippen molar-refractivity contribution in [3.8, 4) is 0 Å². The van der Waals surface area contributed by atoms with E-state index >= 15 is 0 Å². The molecule has 1 aromatic carbocycles. The van der Waals surface area contributed by atoms with Crippen LogP contribution in [-0.4, -0.2) is 44.5 Å². The first-order chi connectivity index (χ1) is 11.5. The third-order valence-corrected chi connectivity index (χ3v) is 4.55. The number of benzene rings is 1. The smallest absolute Gasteiger partial charge is 0.230 e. The van der Waals surface area contributed by atoms with Crippen molar-refractivity contribution < 1.29 is 9.53 Å². The van der Waals surface area contributed by atoms with Gasteiger partial charge >= 0.3 is 0 Å². The number of carbonyl (C=O) groups excluding carboxylic acids is 1. The van der Waals surface area contributed by atoms with Gasteiger partial charge in [0, 0.05) is 32.5 Å². The van der Waals surface area contributed by atoms with Gasteiger partial charge in [-0.25, -0.2) is 0 Å². The van der Waals surface area contributed by atoms with Gasteiger partial charge in [-0.1, -0.05) is 31.0 Å². The molecule has 1 amide bonds. The number of methoxy groups -OCH3 is 1. The summed E-state index contributed by atoms with van der Waals surface area (Å²) in [6.45, 7) is 0.925. The molecule has 1 aliphatic rings. The molecule has 0 radical (unpaired) electrons. The molecular formula is C18H29IN4O2.